The van der Waals surface area contributed by atoms with Crippen molar-refractivity contribution < 1.29 is 4.79 Å². The molecule has 0 saturated heterocycles. The van der Waals surface area contributed by atoms with Crippen molar-refractivity contribution in [1.82, 2.24) is 15.4 Å². The molecular weight excluding hydrogens is 393 g/mol. The Morgan fingerprint density at radius 1 is 1.19 bits per heavy atom. The van der Waals surface area contributed by atoms with Gasteiger partial charge in [-0.1, -0.05) is 37.0 Å². The number of urea groups is 1. The van der Waals surface area contributed by atoms with Gasteiger partial charge in [0.25, 0.3) is 0 Å². The van der Waals surface area contributed by atoms with Crippen LogP contribution in [0.3, 0.4) is 0 Å². The molecule has 0 radical (unpaired) electrons. The van der Waals surface area contributed by atoms with E-state index in [-0.39, 0.29) is 10.3 Å². The average molecular weight is 410 g/mol. The number of amides is 2. The number of hydrogen-bond donors (Lipinski definition) is 2. The van der Waals surface area contributed by atoms with Gasteiger partial charge in [-0.25, -0.2) is 20.2 Å². The summed E-state index contributed by atoms with van der Waals surface area (Å²) < 4.78 is 0. The van der Waals surface area contributed by atoms with Crippen LogP contribution in [0.4, 0.5) is 16.3 Å². The second-order valence-corrected chi connectivity index (χ2v) is 7.66. The fraction of sp³-hybridized carbons (Fsp3) is 0.235. The summed E-state index contributed by atoms with van der Waals surface area (Å²) in [5.41, 5.74) is 4.36. The molecule has 2 N–H and O–H groups in total. The Morgan fingerprint density at radius 3 is 2.54 bits per heavy atom. The Hall–Kier alpha value is -2.09. The Morgan fingerprint density at radius 2 is 1.88 bits per heavy atom. The maximum atomic E-state index is 12.3. The van der Waals surface area contributed by atoms with Crippen LogP contribution in [0.1, 0.15) is 25.3 Å². The maximum absolute atomic E-state index is 12.3. The van der Waals surface area contributed by atoms with Crippen LogP contribution in [0.5, 0.6) is 0 Å². The molecule has 0 aliphatic carbocycles. The van der Waals surface area contributed by atoms with Gasteiger partial charge in [0.05, 0.1) is 0 Å². The number of anilines is 2. The number of halogens is 2. The number of nitrogens with zero attached hydrogens (tertiary/aromatic N) is 3. The van der Waals surface area contributed by atoms with Gasteiger partial charge in [-0.05, 0) is 41.1 Å². The SMILES string of the molecule is CC(C)c1cc(N(C)NC(=O)Nc2cc(Cl)nc(Cl)c2)nc2sccc12. The van der Waals surface area contributed by atoms with Crippen LogP contribution in [0.2, 0.25) is 10.3 Å². The first-order valence-corrected chi connectivity index (χ1v) is 9.49. The highest BCUT2D eigenvalue weighted by Crippen LogP contribution is 2.30. The summed E-state index contributed by atoms with van der Waals surface area (Å²) in [5, 5.41) is 7.81. The number of aromatic nitrogens is 2. The van der Waals surface area contributed by atoms with Crippen LogP contribution in [-0.2, 0) is 0 Å². The monoisotopic (exact) mass is 409 g/mol. The van der Waals surface area contributed by atoms with Crippen LogP contribution in [0.15, 0.2) is 29.6 Å². The third-order valence-corrected chi connectivity index (χ3v) is 4.91. The highest BCUT2D eigenvalue weighted by atomic mass is 35.5. The highest BCUT2D eigenvalue weighted by molar-refractivity contribution is 7.16. The molecule has 0 aliphatic rings. The van der Waals surface area contributed by atoms with Crippen molar-refractivity contribution in [3.63, 3.8) is 0 Å². The number of carbonyl (C=O) groups excluding carboxylic acids is 1. The number of fused-ring (bicyclic) bond motifs is 1. The van der Waals surface area contributed by atoms with Crippen molar-refractivity contribution >= 4 is 62.3 Å². The van der Waals surface area contributed by atoms with Crippen molar-refractivity contribution in [3.8, 4) is 0 Å². The molecule has 6 nitrogen and oxygen atoms in total. The number of carbonyl (C=O) groups is 1. The Labute approximate surface area is 165 Å². The lowest BCUT2D eigenvalue weighted by Gasteiger charge is -2.21. The van der Waals surface area contributed by atoms with Crippen molar-refractivity contribution in [3.05, 3.63) is 45.5 Å². The van der Waals surface area contributed by atoms with Crippen LogP contribution >= 0.6 is 34.5 Å². The minimum atomic E-state index is -0.440. The third-order valence-electron chi connectivity index (χ3n) is 3.71. The van der Waals surface area contributed by atoms with E-state index in [2.05, 4.69) is 40.6 Å². The van der Waals surface area contributed by atoms with Gasteiger partial charge in [0, 0.05) is 18.1 Å². The predicted molar refractivity (Wildman–Crippen MR) is 109 cm³/mol. The molecule has 0 aliphatic heterocycles. The van der Waals surface area contributed by atoms with Gasteiger partial charge in [0.2, 0.25) is 0 Å². The summed E-state index contributed by atoms with van der Waals surface area (Å²) in [7, 11) is 1.73. The van der Waals surface area contributed by atoms with Crippen LogP contribution in [-0.4, -0.2) is 23.0 Å². The Bertz CT molecular complexity index is 939. The minimum absolute atomic E-state index is 0.201. The number of rotatable bonds is 4. The van der Waals surface area contributed by atoms with Gasteiger partial charge < -0.3 is 5.32 Å². The van der Waals surface area contributed by atoms with Gasteiger partial charge in [-0.15, -0.1) is 11.3 Å². The molecule has 0 unspecified atom stereocenters. The average Bonchev–Trinajstić information content (AvgIpc) is 3.00. The van der Waals surface area contributed by atoms with E-state index < -0.39 is 6.03 Å². The molecule has 9 heteroatoms. The molecule has 3 aromatic rings. The van der Waals surface area contributed by atoms with Gasteiger partial charge in [0.1, 0.15) is 21.0 Å². The second kappa shape index (κ2) is 7.65. The van der Waals surface area contributed by atoms with E-state index >= 15 is 0 Å². The number of thiophene rings is 1. The molecule has 136 valence electrons. The zero-order chi connectivity index (χ0) is 18.8. The topological polar surface area (TPSA) is 70.2 Å². The van der Waals surface area contributed by atoms with Crippen molar-refractivity contribution in [2.75, 3.05) is 17.4 Å². The van der Waals surface area contributed by atoms with E-state index in [4.69, 9.17) is 23.2 Å². The summed E-state index contributed by atoms with van der Waals surface area (Å²) in [6, 6.07) is 6.65. The maximum Gasteiger partial charge on any atom is 0.338 e. The van der Waals surface area contributed by atoms with Crippen LogP contribution < -0.4 is 15.8 Å². The Kier molecular flexibility index (Phi) is 5.50. The lowest BCUT2D eigenvalue weighted by Crippen LogP contribution is -2.42. The standard InChI is InChI=1S/C17H17Cl2N5OS/c1-9(2)12-8-15(22-16-11(12)4-5-26-16)24(3)23-17(25)20-10-6-13(18)21-14(19)7-10/h4-9H,1-3H3,(H2,20,21,23,25). The van der Waals surface area contributed by atoms with Gasteiger partial charge in [-0.2, -0.15) is 0 Å². The normalized spacial score (nSPS) is 11.0. The molecule has 0 atom stereocenters. The number of hydrogen-bond acceptors (Lipinski definition) is 5. The molecule has 0 spiro atoms. The first kappa shape index (κ1) is 18.7. The minimum Gasteiger partial charge on any atom is -0.306 e. The largest absolute Gasteiger partial charge is 0.338 e. The first-order chi connectivity index (χ1) is 12.3. The molecule has 3 aromatic heterocycles. The fourth-order valence-electron chi connectivity index (χ4n) is 2.52. The van der Waals surface area contributed by atoms with Gasteiger partial charge in [0.15, 0.2) is 0 Å². The van der Waals surface area contributed by atoms with E-state index in [1.54, 1.807) is 23.4 Å². The summed E-state index contributed by atoms with van der Waals surface area (Å²) in [6.07, 6.45) is 0. The first-order valence-electron chi connectivity index (χ1n) is 7.86. The third kappa shape index (κ3) is 4.17. The van der Waals surface area contributed by atoms with Crippen molar-refractivity contribution in [2.45, 2.75) is 19.8 Å². The molecule has 2 amide bonds. The molecular formula is C17H17Cl2N5OS. The molecule has 0 bridgehead atoms. The number of pyridine rings is 2. The van der Waals surface area contributed by atoms with Gasteiger partial charge in [-0.3, -0.25) is 5.01 Å². The van der Waals surface area contributed by atoms with Crippen molar-refractivity contribution in [2.24, 2.45) is 0 Å². The molecule has 3 heterocycles. The molecule has 3 rings (SSSR count). The smallest absolute Gasteiger partial charge is 0.306 e. The van der Waals surface area contributed by atoms with E-state index in [0.717, 1.165) is 10.2 Å². The number of nitrogens with one attached hydrogen (secondary N) is 2. The lowest BCUT2D eigenvalue weighted by atomic mass is 10.0. The van der Waals surface area contributed by atoms with E-state index in [1.165, 1.54) is 17.7 Å². The van der Waals surface area contributed by atoms with Gasteiger partial charge >= 0.3 is 6.03 Å². The Balaban J connectivity index is 1.78. The summed E-state index contributed by atoms with van der Waals surface area (Å²) in [6.45, 7) is 4.26. The zero-order valence-corrected chi connectivity index (χ0v) is 16.7. The molecule has 0 saturated carbocycles. The van der Waals surface area contributed by atoms with E-state index in [0.29, 0.717) is 17.4 Å². The quantitative estimate of drug-likeness (QED) is 0.453. The molecule has 0 fully saturated rings. The summed E-state index contributed by atoms with van der Waals surface area (Å²) in [5.74, 6) is 1.00. The predicted octanol–water partition coefficient (Wildman–Crippen LogP) is 5.29. The summed E-state index contributed by atoms with van der Waals surface area (Å²) in [4.78, 5) is 21.6. The van der Waals surface area contributed by atoms with Crippen LogP contribution in [0, 0.1) is 0 Å². The highest BCUT2D eigenvalue weighted by Gasteiger charge is 2.14. The zero-order valence-electron chi connectivity index (χ0n) is 14.4. The molecule has 0 aromatic carbocycles. The molecule has 26 heavy (non-hydrogen) atoms. The lowest BCUT2D eigenvalue weighted by molar-refractivity contribution is 0.251. The van der Waals surface area contributed by atoms with E-state index in [9.17, 15) is 4.79 Å². The van der Waals surface area contributed by atoms with Crippen molar-refractivity contribution in [1.29, 1.82) is 0 Å². The fourth-order valence-corrected chi connectivity index (χ4v) is 3.77. The second-order valence-electron chi connectivity index (χ2n) is 5.99. The van der Waals surface area contributed by atoms with Crippen LogP contribution in [0.25, 0.3) is 10.2 Å². The summed E-state index contributed by atoms with van der Waals surface area (Å²) >= 11 is 13.3. The number of hydrazine groups is 1. The van der Waals surface area contributed by atoms with E-state index in [1.807, 2.05) is 11.4 Å².